The number of carbonyl (C=O) groups excluding carboxylic acids is 2. The highest BCUT2D eigenvalue weighted by atomic mass is 32.1. The topological polar surface area (TPSA) is 66.4 Å². The highest BCUT2D eigenvalue weighted by molar-refractivity contribution is 7.80. The molecule has 0 unspecified atom stereocenters. The van der Waals surface area contributed by atoms with Gasteiger partial charge in [0.05, 0.1) is 18.0 Å². The summed E-state index contributed by atoms with van der Waals surface area (Å²) in [5.74, 6) is -14.0. The Morgan fingerprint density at radius 3 is 1.89 bits per heavy atom. The lowest BCUT2D eigenvalue weighted by Crippen LogP contribution is -2.27. The van der Waals surface area contributed by atoms with Crippen LogP contribution in [-0.2, 0) is 4.79 Å². The maximum atomic E-state index is 13.3. The van der Waals surface area contributed by atoms with Crippen LogP contribution in [0.2, 0.25) is 0 Å². The third-order valence-electron chi connectivity index (χ3n) is 1.96. The fourth-order valence-corrected chi connectivity index (χ4v) is 1.32. The van der Waals surface area contributed by atoms with E-state index in [4.69, 9.17) is 0 Å². The molecule has 19 heavy (non-hydrogen) atoms. The van der Waals surface area contributed by atoms with Crippen molar-refractivity contribution < 1.29 is 37.0 Å². The van der Waals surface area contributed by atoms with Gasteiger partial charge in [0.2, 0.25) is 17.4 Å². The maximum absolute atomic E-state index is 13.3. The Morgan fingerprint density at radius 2 is 1.53 bits per heavy atom. The van der Waals surface area contributed by atoms with Crippen LogP contribution < -0.4 is 9.84 Å². The first-order chi connectivity index (χ1) is 8.81. The van der Waals surface area contributed by atoms with Crippen molar-refractivity contribution in [3.05, 3.63) is 28.8 Å². The number of carboxylic acid groups (broad SMARTS) is 1. The van der Waals surface area contributed by atoms with E-state index in [9.17, 15) is 32.3 Å². The molecule has 0 fully saturated rings. The smallest absolute Gasteiger partial charge is 0.312 e. The summed E-state index contributed by atoms with van der Waals surface area (Å²) in [5, 5.41) is 10.3. The Morgan fingerprint density at radius 1 is 1.05 bits per heavy atom. The van der Waals surface area contributed by atoms with E-state index in [0.717, 1.165) is 0 Å². The summed E-state index contributed by atoms with van der Waals surface area (Å²) >= 11 is 3.64. The molecule has 0 radical (unpaired) electrons. The fourth-order valence-electron chi connectivity index (χ4n) is 1.14. The second kappa shape index (κ2) is 5.91. The zero-order chi connectivity index (χ0) is 14.7. The lowest BCUT2D eigenvalue weighted by molar-refractivity contribution is -0.255. The number of ether oxygens (including phenoxy) is 1. The molecule has 4 nitrogen and oxygen atoms in total. The molecule has 0 aliphatic rings. The van der Waals surface area contributed by atoms with Gasteiger partial charge in [0, 0.05) is 5.75 Å². The molecule has 0 aliphatic heterocycles. The van der Waals surface area contributed by atoms with Gasteiger partial charge in [-0.3, -0.25) is 4.79 Å². The predicted octanol–water partition coefficient (Wildman–Crippen LogP) is 0.832. The van der Waals surface area contributed by atoms with Crippen molar-refractivity contribution >= 4 is 24.6 Å². The van der Waals surface area contributed by atoms with Crippen LogP contribution in [0.5, 0.6) is 5.75 Å². The largest absolute Gasteiger partial charge is 0.545 e. The first-order valence-corrected chi connectivity index (χ1v) is 5.33. The number of halogens is 4. The van der Waals surface area contributed by atoms with E-state index >= 15 is 0 Å². The highest BCUT2D eigenvalue weighted by Gasteiger charge is 2.28. The minimum Gasteiger partial charge on any atom is -0.545 e. The Labute approximate surface area is 109 Å². The van der Waals surface area contributed by atoms with Crippen molar-refractivity contribution in [2.75, 3.05) is 5.75 Å². The molecular formula is C10H5F4O4S-. The summed E-state index contributed by atoms with van der Waals surface area (Å²) in [6.07, 6.45) is -0.368. The van der Waals surface area contributed by atoms with Crippen LogP contribution in [0.4, 0.5) is 17.6 Å². The first kappa shape index (κ1) is 15.3. The third-order valence-corrected chi connectivity index (χ3v) is 2.18. The van der Waals surface area contributed by atoms with Gasteiger partial charge in [0.1, 0.15) is 0 Å². The van der Waals surface area contributed by atoms with Gasteiger partial charge in [-0.15, -0.1) is 0 Å². The van der Waals surface area contributed by atoms with Crippen molar-refractivity contribution in [2.45, 2.75) is 6.42 Å². The Bertz CT molecular complexity index is 518. The number of carboxylic acids is 1. The van der Waals surface area contributed by atoms with Gasteiger partial charge in [0.15, 0.2) is 11.6 Å². The van der Waals surface area contributed by atoms with Gasteiger partial charge in [-0.25, -0.2) is 8.78 Å². The number of aromatic carboxylic acids is 1. The third kappa shape index (κ3) is 2.98. The van der Waals surface area contributed by atoms with Crippen LogP contribution in [0, 0.1) is 23.3 Å². The van der Waals surface area contributed by atoms with Crippen LogP contribution in [0.15, 0.2) is 0 Å². The SMILES string of the molecule is O=C(CCS)Oc1c(F)c(F)c(C(=O)[O-])c(F)c1F. The molecule has 0 saturated heterocycles. The number of hydrogen-bond acceptors (Lipinski definition) is 5. The van der Waals surface area contributed by atoms with E-state index in [1.54, 1.807) is 0 Å². The van der Waals surface area contributed by atoms with Gasteiger partial charge in [-0.05, 0) is 0 Å². The normalized spacial score (nSPS) is 10.4. The van der Waals surface area contributed by atoms with Gasteiger partial charge in [-0.2, -0.15) is 21.4 Å². The van der Waals surface area contributed by atoms with Crippen molar-refractivity contribution in [2.24, 2.45) is 0 Å². The Balaban J connectivity index is 3.36. The summed E-state index contributed by atoms with van der Waals surface area (Å²) in [7, 11) is 0. The Kier molecular flexibility index (Phi) is 4.76. The molecule has 0 saturated carbocycles. The Hall–Kier alpha value is -1.77. The quantitative estimate of drug-likeness (QED) is 0.294. The summed E-state index contributed by atoms with van der Waals surface area (Å²) in [4.78, 5) is 21.3. The summed E-state index contributed by atoms with van der Waals surface area (Å²) in [6, 6.07) is 0. The number of esters is 1. The van der Waals surface area contributed by atoms with Gasteiger partial charge in [-0.1, -0.05) is 0 Å². The monoisotopic (exact) mass is 297 g/mol. The standard InChI is InChI=1S/C10H6F4O4S/c11-5-4(10(16)17)6(12)8(14)9(7(5)13)18-3(15)1-2-19/h19H,1-2H2,(H,16,17)/p-1. The second-order valence-corrected chi connectivity index (χ2v) is 3.64. The predicted molar refractivity (Wildman–Crippen MR) is 54.7 cm³/mol. The van der Waals surface area contributed by atoms with E-state index < -0.39 is 46.5 Å². The minimum absolute atomic E-state index is 0.0236. The number of thiol groups is 1. The first-order valence-electron chi connectivity index (χ1n) is 4.70. The molecule has 104 valence electrons. The van der Waals surface area contributed by atoms with E-state index in [1.165, 1.54) is 0 Å². The molecule has 0 aliphatic carbocycles. The summed E-state index contributed by atoms with van der Waals surface area (Å²) in [6.45, 7) is 0. The van der Waals surface area contributed by atoms with Crippen LogP contribution in [0.3, 0.4) is 0 Å². The highest BCUT2D eigenvalue weighted by Crippen LogP contribution is 2.30. The molecule has 1 aromatic rings. The molecule has 0 N–H and O–H groups in total. The molecule has 0 amide bonds. The van der Waals surface area contributed by atoms with Gasteiger partial charge < -0.3 is 14.6 Å². The zero-order valence-corrected chi connectivity index (χ0v) is 9.90. The van der Waals surface area contributed by atoms with Crippen LogP contribution in [-0.4, -0.2) is 17.7 Å². The second-order valence-electron chi connectivity index (χ2n) is 3.20. The average Bonchev–Trinajstić information content (AvgIpc) is 2.32. The number of carbonyl (C=O) groups is 2. The van der Waals surface area contributed by atoms with E-state index in [1.807, 2.05) is 0 Å². The number of benzene rings is 1. The van der Waals surface area contributed by atoms with Gasteiger partial charge in [0.25, 0.3) is 0 Å². The van der Waals surface area contributed by atoms with Crippen LogP contribution in [0.1, 0.15) is 16.8 Å². The average molecular weight is 297 g/mol. The molecular weight excluding hydrogens is 292 g/mol. The number of hydrogen-bond donors (Lipinski definition) is 1. The summed E-state index contributed by atoms with van der Waals surface area (Å²) < 4.78 is 57.0. The van der Waals surface area contributed by atoms with Gasteiger partial charge >= 0.3 is 5.97 Å². The van der Waals surface area contributed by atoms with Crippen molar-refractivity contribution in [1.29, 1.82) is 0 Å². The van der Waals surface area contributed by atoms with Crippen molar-refractivity contribution in [3.8, 4) is 5.75 Å². The van der Waals surface area contributed by atoms with Crippen LogP contribution in [0.25, 0.3) is 0 Å². The molecule has 1 rings (SSSR count). The molecule has 0 heterocycles. The fraction of sp³-hybridized carbons (Fsp3) is 0.200. The van der Waals surface area contributed by atoms with Crippen molar-refractivity contribution in [3.63, 3.8) is 0 Å². The summed E-state index contributed by atoms with van der Waals surface area (Å²) in [5.41, 5.74) is -1.91. The molecule has 0 spiro atoms. The molecule has 0 atom stereocenters. The lowest BCUT2D eigenvalue weighted by Gasteiger charge is -2.12. The van der Waals surface area contributed by atoms with E-state index in [-0.39, 0.29) is 12.2 Å². The van der Waals surface area contributed by atoms with E-state index in [0.29, 0.717) is 0 Å². The van der Waals surface area contributed by atoms with Crippen LogP contribution >= 0.6 is 12.6 Å². The minimum atomic E-state index is -2.44. The molecule has 0 aromatic heterocycles. The maximum Gasteiger partial charge on any atom is 0.312 e. The molecule has 0 bridgehead atoms. The van der Waals surface area contributed by atoms with E-state index in [2.05, 4.69) is 17.4 Å². The van der Waals surface area contributed by atoms with Crippen molar-refractivity contribution in [1.82, 2.24) is 0 Å². The zero-order valence-electron chi connectivity index (χ0n) is 9.01. The number of rotatable bonds is 4. The molecule has 1 aromatic carbocycles. The lowest BCUT2D eigenvalue weighted by atomic mass is 10.1. The molecule has 9 heteroatoms.